The molecule has 0 spiro atoms. The fraction of sp³-hybridized carbons (Fsp3) is 0.333. The van der Waals surface area contributed by atoms with E-state index < -0.39 is 0 Å². The van der Waals surface area contributed by atoms with Crippen molar-refractivity contribution in [1.29, 1.82) is 0 Å². The Morgan fingerprint density at radius 2 is 1.68 bits per heavy atom. The quantitative estimate of drug-likeness (QED) is 0.363. The Balaban J connectivity index is 1.26. The predicted molar refractivity (Wildman–Crippen MR) is 135 cm³/mol. The predicted octanol–water partition coefficient (Wildman–Crippen LogP) is 5.40. The van der Waals surface area contributed by atoms with E-state index in [1.807, 2.05) is 71.2 Å². The van der Waals surface area contributed by atoms with Crippen molar-refractivity contribution >= 4 is 17.3 Å². The molecule has 4 aromatic rings. The Hall–Kier alpha value is -3.58. The molecule has 0 radical (unpaired) electrons. The summed E-state index contributed by atoms with van der Waals surface area (Å²) in [5, 5.41) is 8.00. The molecule has 1 saturated heterocycles. The molecule has 0 aliphatic carbocycles. The van der Waals surface area contributed by atoms with Crippen LogP contribution in [-0.4, -0.2) is 52.3 Å². The van der Waals surface area contributed by atoms with Crippen LogP contribution in [0.5, 0.6) is 11.5 Å². The van der Waals surface area contributed by atoms with E-state index in [9.17, 15) is 0 Å². The van der Waals surface area contributed by atoms with E-state index in [1.54, 1.807) is 7.11 Å². The minimum absolute atomic E-state index is 0.488. The van der Waals surface area contributed by atoms with E-state index in [1.165, 1.54) is 25.9 Å². The molecule has 34 heavy (non-hydrogen) atoms. The molecule has 176 valence electrons. The van der Waals surface area contributed by atoms with E-state index in [4.69, 9.17) is 14.6 Å². The van der Waals surface area contributed by atoms with Gasteiger partial charge in [0.15, 0.2) is 5.65 Å². The first-order valence-corrected chi connectivity index (χ1v) is 12.0. The zero-order chi connectivity index (χ0) is 23.3. The molecule has 1 N–H and O–H groups in total. The Bertz CT molecular complexity index is 1210. The average molecular weight is 458 g/mol. The second-order valence-electron chi connectivity index (χ2n) is 8.61. The number of aromatic nitrogens is 3. The third-order valence-electron chi connectivity index (χ3n) is 6.43. The SMILES string of the molecule is CC[C@@H](COc1ccc(Nc2nc3cccc(-c4ccc(OC)cc4)n3n2)cc1)N1CCCC1. The molecule has 1 atom stereocenters. The maximum Gasteiger partial charge on any atom is 0.247 e. The molecule has 2 aromatic carbocycles. The van der Waals surface area contributed by atoms with Crippen LogP contribution in [0.1, 0.15) is 26.2 Å². The number of benzene rings is 2. The summed E-state index contributed by atoms with van der Waals surface area (Å²) < 4.78 is 13.2. The number of rotatable bonds is 9. The number of hydrogen-bond acceptors (Lipinski definition) is 6. The number of pyridine rings is 1. The highest BCUT2D eigenvalue weighted by Gasteiger charge is 2.20. The van der Waals surface area contributed by atoms with Crippen molar-refractivity contribution in [2.75, 3.05) is 32.1 Å². The van der Waals surface area contributed by atoms with Gasteiger partial charge in [0.1, 0.15) is 18.1 Å². The largest absolute Gasteiger partial charge is 0.497 e. The lowest BCUT2D eigenvalue weighted by atomic mass is 10.1. The molecule has 1 aliphatic heterocycles. The van der Waals surface area contributed by atoms with Crippen molar-refractivity contribution in [3.63, 3.8) is 0 Å². The van der Waals surface area contributed by atoms with Gasteiger partial charge in [0, 0.05) is 17.3 Å². The lowest BCUT2D eigenvalue weighted by molar-refractivity contribution is 0.156. The van der Waals surface area contributed by atoms with Gasteiger partial charge in [-0.1, -0.05) is 13.0 Å². The number of methoxy groups -OCH3 is 1. The zero-order valence-corrected chi connectivity index (χ0v) is 19.8. The van der Waals surface area contributed by atoms with Gasteiger partial charge in [0.25, 0.3) is 0 Å². The summed E-state index contributed by atoms with van der Waals surface area (Å²) in [4.78, 5) is 7.19. The summed E-state index contributed by atoms with van der Waals surface area (Å²) in [6.07, 6.45) is 3.71. The van der Waals surface area contributed by atoms with E-state index in [0.717, 1.165) is 47.1 Å². The van der Waals surface area contributed by atoms with Crippen molar-refractivity contribution in [1.82, 2.24) is 19.5 Å². The lowest BCUT2D eigenvalue weighted by Gasteiger charge is -2.26. The molecule has 7 nitrogen and oxygen atoms in total. The van der Waals surface area contributed by atoms with E-state index >= 15 is 0 Å². The van der Waals surface area contributed by atoms with Crippen molar-refractivity contribution < 1.29 is 9.47 Å². The fourth-order valence-corrected chi connectivity index (χ4v) is 4.48. The van der Waals surface area contributed by atoms with Crippen molar-refractivity contribution in [2.45, 2.75) is 32.2 Å². The van der Waals surface area contributed by atoms with Crippen molar-refractivity contribution in [2.24, 2.45) is 0 Å². The third-order valence-corrected chi connectivity index (χ3v) is 6.43. The summed E-state index contributed by atoms with van der Waals surface area (Å²) >= 11 is 0. The summed E-state index contributed by atoms with van der Waals surface area (Å²) in [5.41, 5.74) is 3.71. The fourth-order valence-electron chi connectivity index (χ4n) is 4.48. The number of likely N-dealkylation sites (tertiary alicyclic amines) is 1. The molecule has 3 heterocycles. The Labute approximate surface area is 200 Å². The van der Waals surface area contributed by atoms with Crippen LogP contribution < -0.4 is 14.8 Å². The minimum atomic E-state index is 0.488. The van der Waals surface area contributed by atoms with E-state index in [-0.39, 0.29) is 0 Å². The molecule has 5 rings (SSSR count). The maximum atomic E-state index is 6.09. The van der Waals surface area contributed by atoms with E-state index in [0.29, 0.717) is 12.0 Å². The molecular weight excluding hydrogens is 426 g/mol. The van der Waals surface area contributed by atoms with Gasteiger partial charge in [0.2, 0.25) is 5.95 Å². The van der Waals surface area contributed by atoms with Gasteiger partial charge >= 0.3 is 0 Å². The molecule has 0 bridgehead atoms. The van der Waals surface area contributed by atoms with Gasteiger partial charge in [-0.25, -0.2) is 4.52 Å². The van der Waals surface area contributed by atoms with Gasteiger partial charge in [-0.3, -0.25) is 4.90 Å². The van der Waals surface area contributed by atoms with Gasteiger partial charge in [-0.2, -0.15) is 4.98 Å². The highest BCUT2D eigenvalue weighted by atomic mass is 16.5. The van der Waals surface area contributed by atoms with Crippen LogP contribution in [0, 0.1) is 0 Å². The summed E-state index contributed by atoms with van der Waals surface area (Å²) in [5.74, 6) is 2.26. The van der Waals surface area contributed by atoms with Crippen LogP contribution in [-0.2, 0) is 0 Å². The van der Waals surface area contributed by atoms with Gasteiger partial charge in [-0.05, 0) is 93.0 Å². The highest BCUT2D eigenvalue weighted by molar-refractivity contribution is 5.65. The lowest BCUT2D eigenvalue weighted by Crippen LogP contribution is -2.36. The van der Waals surface area contributed by atoms with Crippen molar-refractivity contribution in [3.05, 3.63) is 66.7 Å². The second kappa shape index (κ2) is 10.1. The normalized spacial score (nSPS) is 14.9. The summed E-state index contributed by atoms with van der Waals surface area (Å²) in [7, 11) is 1.67. The van der Waals surface area contributed by atoms with Crippen LogP contribution >= 0.6 is 0 Å². The number of nitrogens with one attached hydrogen (secondary N) is 1. The monoisotopic (exact) mass is 457 g/mol. The molecule has 7 heteroatoms. The number of anilines is 2. The number of nitrogens with zero attached hydrogens (tertiary/aromatic N) is 4. The molecule has 0 saturated carbocycles. The summed E-state index contributed by atoms with van der Waals surface area (Å²) in [6.45, 7) is 5.35. The van der Waals surface area contributed by atoms with Crippen LogP contribution in [0.2, 0.25) is 0 Å². The zero-order valence-electron chi connectivity index (χ0n) is 19.8. The molecule has 2 aromatic heterocycles. The first kappa shape index (κ1) is 22.2. The first-order chi connectivity index (χ1) is 16.7. The smallest absolute Gasteiger partial charge is 0.247 e. The average Bonchev–Trinajstić information content (AvgIpc) is 3.55. The Morgan fingerprint density at radius 1 is 0.941 bits per heavy atom. The first-order valence-electron chi connectivity index (χ1n) is 12.0. The Kier molecular flexibility index (Phi) is 6.62. The van der Waals surface area contributed by atoms with E-state index in [2.05, 4.69) is 22.1 Å². The molecule has 1 fully saturated rings. The topological polar surface area (TPSA) is 63.9 Å². The van der Waals surface area contributed by atoms with Gasteiger partial charge < -0.3 is 14.8 Å². The molecule has 1 aliphatic rings. The highest BCUT2D eigenvalue weighted by Crippen LogP contribution is 2.25. The summed E-state index contributed by atoms with van der Waals surface area (Å²) in [6, 6.07) is 22.4. The molecular formula is C27H31N5O2. The maximum absolute atomic E-state index is 6.09. The minimum Gasteiger partial charge on any atom is -0.497 e. The Morgan fingerprint density at radius 3 is 2.38 bits per heavy atom. The molecule has 0 amide bonds. The van der Waals surface area contributed by atoms with Crippen molar-refractivity contribution in [3.8, 4) is 22.8 Å². The third kappa shape index (κ3) is 4.84. The van der Waals surface area contributed by atoms with Crippen LogP contribution in [0.25, 0.3) is 16.9 Å². The number of fused-ring (bicyclic) bond motifs is 1. The number of hydrogen-bond donors (Lipinski definition) is 1. The van der Waals surface area contributed by atoms with Gasteiger partial charge in [0.05, 0.1) is 12.8 Å². The van der Waals surface area contributed by atoms with Crippen LogP contribution in [0.15, 0.2) is 66.7 Å². The number of ether oxygens (including phenoxy) is 2. The standard InChI is InChI=1S/C27H31N5O2/c1-3-22(31-17-4-5-18-31)19-34-24-15-11-21(12-16-24)28-27-29-26-8-6-7-25(32(26)30-27)20-9-13-23(33-2)14-10-20/h6-16,22H,3-5,17-19H2,1-2H3,(H,28,30)/t22-/m0/s1. The van der Waals surface area contributed by atoms with Crippen LogP contribution in [0.4, 0.5) is 11.6 Å². The van der Waals surface area contributed by atoms with Gasteiger partial charge in [-0.15, -0.1) is 5.10 Å². The molecule has 0 unspecified atom stereocenters. The second-order valence-corrected chi connectivity index (χ2v) is 8.61. The van der Waals surface area contributed by atoms with Crippen LogP contribution in [0.3, 0.4) is 0 Å².